The molecule has 0 saturated carbocycles. The first-order valence-corrected chi connectivity index (χ1v) is 10.7. The van der Waals surface area contributed by atoms with E-state index in [1.54, 1.807) is 36.6 Å². The predicted molar refractivity (Wildman–Crippen MR) is 108 cm³/mol. The van der Waals surface area contributed by atoms with E-state index in [0.717, 1.165) is 11.3 Å². The fourth-order valence-corrected chi connectivity index (χ4v) is 4.84. The Hall–Kier alpha value is -2.42. The van der Waals surface area contributed by atoms with Crippen molar-refractivity contribution < 1.29 is 13.2 Å². The topological polar surface area (TPSA) is 88.2 Å². The summed E-state index contributed by atoms with van der Waals surface area (Å²) in [5.41, 5.74) is 1.63. The summed E-state index contributed by atoms with van der Waals surface area (Å²) < 4.78 is 27.6. The second-order valence-electron chi connectivity index (χ2n) is 5.70. The molecule has 9 heteroatoms. The summed E-state index contributed by atoms with van der Waals surface area (Å²) >= 11 is 7.12. The van der Waals surface area contributed by atoms with Gasteiger partial charge >= 0.3 is 0 Å². The lowest BCUT2D eigenvalue weighted by atomic mass is 10.2. The largest absolute Gasteiger partial charge is 0.326 e. The van der Waals surface area contributed by atoms with Crippen LogP contribution in [0.5, 0.6) is 0 Å². The van der Waals surface area contributed by atoms with E-state index in [9.17, 15) is 13.2 Å². The molecule has 6 nitrogen and oxygen atoms in total. The first kappa shape index (κ1) is 19.3. The first-order chi connectivity index (χ1) is 12.8. The quantitative estimate of drug-likeness (QED) is 0.627. The van der Waals surface area contributed by atoms with Crippen LogP contribution in [0.2, 0.25) is 5.02 Å². The fourth-order valence-electron chi connectivity index (χ4n) is 2.37. The van der Waals surface area contributed by atoms with Crippen molar-refractivity contribution in [2.45, 2.75) is 18.2 Å². The number of hydrogen-bond donors (Lipinski definition) is 2. The Morgan fingerprint density at radius 2 is 1.89 bits per heavy atom. The Morgan fingerprint density at radius 1 is 1.15 bits per heavy atom. The van der Waals surface area contributed by atoms with Crippen LogP contribution < -0.4 is 10.0 Å². The van der Waals surface area contributed by atoms with E-state index in [1.807, 2.05) is 18.2 Å². The molecule has 3 aromatic rings. The maximum absolute atomic E-state index is 12.6. The van der Waals surface area contributed by atoms with Crippen LogP contribution in [0, 0.1) is 6.92 Å². The average Bonchev–Trinajstić information content (AvgIpc) is 3.04. The predicted octanol–water partition coefficient (Wildman–Crippen LogP) is 4.09. The van der Waals surface area contributed by atoms with Crippen LogP contribution in [0.3, 0.4) is 0 Å². The van der Waals surface area contributed by atoms with Crippen LogP contribution in [-0.2, 0) is 21.2 Å². The number of halogens is 1. The molecule has 3 rings (SSSR count). The third kappa shape index (κ3) is 4.85. The lowest BCUT2D eigenvalue weighted by Crippen LogP contribution is -2.15. The van der Waals surface area contributed by atoms with Crippen LogP contribution in [0.15, 0.2) is 58.8 Å². The zero-order chi connectivity index (χ0) is 19.4. The summed E-state index contributed by atoms with van der Waals surface area (Å²) in [7, 11) is -3.82. The van der Waals surface area contributed by atoms with Gasteiger partial charge in [0.05, 0.1) is 17.0 Å². The molecule has 0 atom stereocenters. The molecule has 0 aliphatic rings. The maximum Gasteiger partial charge on any atom is 0.263 e. The van der Waals surface area contributed by atoms with E-state index in [4.69, 9.17) is 11.6 Å². The van der Waals surface area contributed by atoms with Gasteiger partial charge < -0.3 is 5.32 Å². The van der Waals surface area contributed by atoms with Crippen LogP contribution in [-0.4, -0.2) is 19.3 Å². The number of carbonyl (C=O) groups is 1. The molecule has 1 aromatic heterocycles. The summed E-state index contributed by atoms with van der Waals surface area (Å²) in [5.74, 6) is -0.230. The number of nitrogens with zero attached hydrogens (tertiary/aromatic N) is 1. The highest BCUT2D eigenvalue weighted by atomic mass is 35.5. The maximum atomic E-state index is 12.6. The van der Waals surface area contributed by atoms with Crippen LogP contribution in [0.1, 0.15) is 11.3 Å². The zero-order valence-corrected chi connectivity index (χ0v) is 16.7. The van der Waals surface area contributed by atoms with E-state index in [1.165, 1.54) is 6.07 Å². The monoisotopic (exact) mass is 421 g/mol. The molecule has 0 unspecified atom stereocenters. The Labute approximate surface area is 166 Å². The van der Waals surface area contributed by atoms with Crippen LogP contribution >= 0.6 is 22.9 Å². The minimum Gasteiger partial charge on any atom is -0.326 e. The van der Waals surface area contributed by atoms with E-state index in [-0.39, 0.29) is 22.4 Å². The molecule has 1 amide bonds. The molecule has 0 saturated heterocycles. The number of carbonyl (C=O) groups excluding carboxylic acids is 1. The lowest BCUT2D eigenvalue weighted by Gasteiger charge is -2.09. The van der Waals surface area contributed by atoms with Gasteiger partial charge in [0, 0.05) is 16.1 Å². The summed E-state index contributed by atoms with van der Waals surface area (Å²) in [4.78, 5) is 16.4. The highest BCUT2D eigenvalue weighted by Crippen LogP contribution is 2.26. The molecule has 0 radical (unpaired) electrons. The van der Waals surface area contributed by atoms with E-state index < -0.39 is 10.0 Å². The van der Waals surface area contributed by atoms with Gasteiger partial charge in [0.2, 0.25) is 5.91 Å². The smallest absolute Gasteiger partial charge is 0.263 e. The highest BCUT2D eigenvalue weighted by Gasteiger charge is 2.20. The number of amides is 1. The van der Waals surface area contributed by atoms with Gasteiger partial charge in [-0.15, -0.1) is 11.3 Å². The number of sulfonamides is 1. The molecule has 140 valence electrons. The van der Waals surface area contributed by atoms with Crippen molar-refractivity contribution >= 4 is 49.7 Å². The van der Waals surface area contributed by atoms with Gasteiger partial charge in [-0.1, -0.05) is 35.9 Å². The highest BCUT2D eigenvalue weighted by molar-refractivity contribution is 7.93. The molecule has 0 spiro atoms. The number of thiazole rings is 1. The summed E-state index contributed by atoms with van der Waals surface area (Å²) in [6.45, 7) is 1.64. The van der Waals surface area contributed by atoms with Crippen molar-refractivity contribution in [1.82, 2.24) is 4.98 Å². The van der Waals surface area contributed by atoms with Gasteiger partial charge in [-0.25, -0.2) is 13.4 Å². The van der Waals surface area contributed by atoms with Crippen LogP contribution in [0.4, 0.5) is 10.8 Å². The van der Waals surface area contributed by atoms with Crippen molar-refractivity contribution in [3.05, 3.63) is 70.2 Å². The molecule has 0 bridgehead atoms. The molecule has 2 aromatic carbocycles. The minimum atomic E-state index is -3.82. The number of rotatable bonds is 6. The summed E-state index contributed by atoms with van der Waals surface area (Å²) in [6, 6.07) is 13.7. The first-order valence-electron chi connectivity index (χ1n) is 7.92. The SMILES string of the molecule is Cc1c(Cl)cccc1S(=O)(=O)Nc1nc(CC(=O)Nc2ccccc2)cs1. The molecular formula is C18H16ClN3O3S2. The number of anilines is 2. The van der Waals surface area contributed by atoms with E-state index in [0.29, 0.717) is 22.0 Å². The van der Waals surface area contributed by atoms with Gasteiger partial charge in [0.1, 0.15) is 0 Å². The standard InChI is InChI=1S/C18H16ClN3O3S2/c1-12-15(19)8-5-9-16(12)27(24,25)22-18-21-14(11-26-18)10-17(23)20-13-6-3-2-4-7-13/h2-9,11H,10H2,1H3,(H,20,23)(H,21,22). The molecule has 0 fully saturated rings. The number of hydrogen-bond acceptors (Lipinski definition) is 5. The Bertz CT molecular complexity index is 1070. The number of para-hydroxylation sites is 1. The lowest BCUT2D eigenvalue weighted by molar-refractivity contribution is -0.115. The molecule has 0 aliphatic carbocycles. The molecule has 2 N–H and O–H groups in total. The molecule has 1 heterocycles. The van der Waals surface area contributed by atoms with Crippen molar-refractivity contribution in [3.63, 3.8) is 0 Å². The second kappa shape index (κ2) is 8.08. The zero-order valence-electron chi connectivity index (χ0n) is 14.3. The van der Waals surface area contributed by atoms with E-state index in [2.05, 4.69) is 15.0 Å². The third-order valence-electron chi connectivity index (χ3n) is 3.68. The average molecular weight is 422 g/mol. The molecule has 27 heavy (non-hydrogen) atoms. The number of nitrogens with one attached hydrogen (secondary N) is 2. The van der Waals surface area contributed by atoms with Crippen molar-refractivity contribution in [2.24, 2.45) is 0 Å². The van der Waals surface area contributed by atoms with Crippen molar-refractivity contribution in [1.29, 1.82) is 0 Å². The molecule has 0 aliphatic heterocycles. The van der Waals surface area contributed by atoms with Gasteiger partial charge in [-0.05, 0) is 36.8 Å². The number of benzene rings is 2. The Kier molecular flexibility index (Phi) is 5.79. The third-order valence-corrected chi connectivity index (χ3v) is 6.51. The second-order valence-corrected chi connectivity index (χ2v) is 8.62. The van der Waals surface area contributed by atoms with Crippen molar-refractivity contribution in [2.75, 3.05) is 10.0 Å². The Balaban J connectivity index is 1.69. The normalized spacial score (nSPS) is 11.2. The van der Waals surface area contributed by atoms with Gasteiger partial charge in [0.25, 0.3) is 10.0 Å². The van der Waals surface area contributed by atoms with Crippen molar-refractivity contribution in [3.8, 4) is 0 Å². The van der Waals surface area contributed by atoms with E-state index >= 15 is 0 Å². The minimum absolute atomic E-state index is 0.0450. The fraction of sp³-hybridized carbons (Fsp3) is 0.111. The summed E-state index contributed by atoms with van der Waals surface area (Å²) in [5, 5.41) is 4.97. The Morgan fingerprint density at radius 3 is 2.63 bits per heavy atom. The van der Waals surface area contributed by atoms with Crippen LogP contribution in [0.25, 0.3) is 0 Å². The molecular weight excluding hydrogens is 406 g/mol. The van der Waals surface area contributed by atoms with Gasteiger partial charge in [0.15, 0.2) is 5.13 Å². The summed E-state index contributed by atoms with van der Waals surface area (Å²) in [6.07, 6.45) is 0.0450. The number of aromatic nitrogens is 1. The van der Waals surface area contributed by atoms with Gasteiger partial charge in [-0.3, -0.25) is 9.52 Å². The van der Waals surface area contributed by atoms with Gasteiger partial charge in [-0.2, -0.15) is 0 Å².